The van der Waals surface area contributed by atoms with Crippen molar-refractivity contribution in [3.63, 3.8) is 0 Å². The quantitative estimate of drug-likeness (QED) is 0.481. The van der Waals surface area contributed by atoms with Crippen LogP contribution in [0.1, 0.15) is 30.1 Å². The molecule has 3 saturated heterocycles. The molecule has 3 fully saturated rings. The van der Waals surface area contributed by atoms with E-state index in [4.69, 9.17) is 4.74 Å². The van der Waals surface area contributed by atoms with E-state index in [1.807, 2.05) is 42.9 Å². The van der Waals surface area contributed by atoms with Crippen LogP contribution in [0.4, 0.5) is 0 Å². The average Bonchev–Trinajstić information content (AvgIpc) is 2.83. The van der Waals surface area contributed by atoms with Crippen molar-refractivity contribution in [2.45, 2.75) is 31.5 Å². The summed E-state index contributed by atoms with van der Waals surface area (Å²) in [6.07, 6.45) is 9.31. The average molecular weight is 417 g/mol. The van der Waals surface area contributed by atoms with Gasteiger partial charge in [0.25, 0.3) is 0 Å². The Balaban J connectivity index is 1.56. The zero-order chi connectivity index (χ0) is 21.4. The van der Waals surface area contributed by atoms with Crippen LogP contribution in [0.25, 0.3) is 10.9 Å². The minimum Gasteiger partial charge on any atom is -0.497 e. The van der Waals surface area contributed by atoms with E-state index in [0.717, 1.165) is 52.8 Å². The lowest BCUT2D eigenvalue weighted by molar-refractivity contribution is -0.984. The van der Waals surface area contributed by atoms with Crippen LogP contribution >= 0.6 is 0 Å². The molecule has 5 heterocycles. The second-order valence-electron chi connectivity index (χ2n) is 9.12. The Bertz CT molecular complexity index is 1090. The molecule has 0 saturated carbocycles. The number of piperidine rings is 3. The number of quaternary nitrogens is 1. The molecule has 31 heavy (non-hydrogen) atoms. The zero-order valence-corrected chi connectivity index (χ0v) is 18.0. The molecular formula is C26H30N3O2+. The maximum absolute atomic E-state index is 11.8. The van der Waals surface area contributed by atoms with Gasteiger partial charge in [0.15, 0.2) is 0 Å². The first-order chi connectivity index (χ1) is 15.1. The van der Waals surface area contributed by atoms with Crippen LogP contribution in [0.2, 0.25) is 0 Å². The van der Waals surface area contributed by atoms with E-state index in [1.165, 1.54) is 12.0 Å². The van der Waals surface area contributed by atoms with Gasteiger partial charge in [-0.3, -0.25) is 9.97 Å². The Morgan fingerprint density at radius 1 is 1.23 bits per heavy atom. The number of aliphatic hydroxyl groups excluding tert-OH is 1. The van der Waals surface area contributed by atoms with Crippen molar-refractivity contribution in [1.29, 1.82) is 0 Å². The molecule has 3 aromatic rings. The molecule has 3 aliphatic rings. The summed E-state index contributed by atoms with van der Waals surface area (Å²) < 4.78 is 6.34. The van der Waals surface area contributed by atoms with Crippen LogP contribution in [-0.2, 0) is 6.54 Å². The Morgan fingerprint density at radius 3 is 2.84 bits per heavy atom. The van der Waals surface area contributed by atoms with Gasteiger partial charge in [-0.15, -0.1) is 6.58 Å². The van der Waals surface area contributed by atoms with E-state index in [1.54, 1.807) is 7.11 Å². The molecule has 3 aliphatic heterocycles. The number of aliphatic hydroxyl groups is 1. The van der Waals surface area contributed by atoms with Crippen LogP contribution in [0.3, 0.4) is 0 Å². The van der Waals surface area contributed by atoms with Crippen molar-refractivity contribution < 1.29 is 14.3 Å². The van der Waals surface area contributed by atoms with E-state index >= 15 is 0 Å². The minimum atomic E-state index is -0.562. The van der Waals surface area contributed by atoms with E-state index < -0.39 is 6.10 Å². The highest BCUT2D eigenvalue weighted by Gasteiger charge is 2.53. The smallest absolute Gasteiger partial charge is 0.131 e. The summed E-state index contributed by atoms with van der Waals surface area (Å²) in [5, 5.41) is 12.8. The largest absolute Gasteiger partial charge is 0.497 e. The lowest BCUT2D eigenvalue weighted by atomic mass is 9.71. The number of rotatable bonds is 6. The number of methoxy groups -OCH3 is 1. The van der Waals surface area contributed by atoms with Gasteiger partial charge in [0.05, 0.1) is 25.7 Å². The molecule has 6 rings (SSSR count). The predicted octanol–water partition coefficient (Wildman–Crippen LogP) is 4.28. The molecule has 5 nitrogen and oxygen atoms in total. The number of benzene rings is 1. The van der Waals surface area contributed by atoms with Crippen LogP contribution in [0, 0.1) is 11.8 Å². The lowest BCUT2D eigenvalue weighted by Gasteiger charge is -2.58. The first-order valence-electron chi connectivity index (χ1n) is 11.1. The van der Waals surface area contributed by atoms with Crippen LogP contribution in [0.5, 0.6) is 5.75 Å². The SMILES string of the molecule is C=CC1C[N+]2(Cc3ccncc3)CCC1C[C@H]2[C@H](O)c1ccnc2ccc(OC)cc12. The Kier molecular flexibility index (Phi) is 5.24. The van der Waals surface area contributed by atoms with Gasteiger partial charge in [-0.2, -0.15) is 0 Å². The van der Waals surface area contributed by atoms with Gasteiger partial charge in [0.2, 0.25) is 0 Å². The monoisotopic (exact) mass is 416 g/mol. The lowest BCUT2D eigenvalue weighted by Crippen LogP contribution is -2.67. The van der Waals surface area contributed by atoms with Crippen molar-refractivity contribution in [1.82, 2.24) is 9.97 Å². The number of aromatic nitrogens is 2. The van der Waals surface area contributed by atoms with Gasteiger partial charge in [0.1, 0.15) is 24.4 Å². The molecule has 1 N–H and O–H groups in total. The summed E-state index contributed by atoms with van der Waals surface area (Å²) >= 11 is 0. The first-order valence-corrected chi connectivity index (χ1v) is 11.1. The van der Waals surface area contributed by atoms with Crippen LogP contribution in [-0.4, -0.2) is 45.8 Å². The summed E-state index contributed by atoms with van der Waals surface area (Å²) in [6.45, 7) is 7.16. The fraction of sp³-hybridized carbons (Fsp3) is 0.385. The standard InChI is InChI=1S/C26H30N3O2/c1-3-19-17-29(16-18-6-10-27-11-7-18)13-9-20(19)14-25(29)26(30)22-8-12-28-24-5-4-21(31-2)15-23(22)24/h3-8,10-12,15,19-20,25-26,30H,1,9,13-14,16-17H2,2H3/q+1/t19?,20?,25-,26+,29?/m0/s1. The Hall–Kier alpha value is -2.76. The van der Waals surface area contributed by atoms with Gasteiger partial charge in [-0.1, -0.05) is 6.08 Å². The molecule has 5 heteroatoms. The maximum atomic E-state index is 11.8. The summed E-state index contributed by atoms with van der Waals surface area (Å²) in [5.74, 6) is 1.89. The molecule has 0 aliphatic carbocycles. The third-order valence-corrected chi connectivity index (χ3v) is 7.59. The molecule has 3 unspecified atom stereocenters. The molecule has 2 aromatic heterocycles. The number of hydrogen-bond acceptors (Lipinski definition) is 4. The van der Waals surface area contributed by atoms with Crippen molar-refractivity contribution in [3.8, 4) is 5.75 Å². The van der Waals surface area contributed by atoms with E-state index in [-0.39, 0.29) is 6.04 Å². The summed E-state index contributed by atoms with van der Waals surface area (Å²) in [6, 6.07) is 12.2. The van der Waals surface area contributed by atoms with E-state index in [0.29, 0.717) is 11.8 Å². The van der Waals surface area contributed by atoms with Crippen molar-refractivity contribution in [2.75, 3.05) is 20.2 Å². The molecule has 0 radical (unpaired) electrons. The summed E-state index contributed by atoms with van der Waals surface area (Å²) in [4.78, 5) is 8.70. The van der Waals surface area contributed by atoms with Crippen LogP contribution < -0.4 is 4.74 Å². The number of hydrogen-bond donors (Lipinski definition) is 1. The second kappa shape index (κ2) is 8.06. The van der Waals surface area contributed by atoms with Gasteiger partial charge < -0.3 is 14.3 Å². The highest BCUT2D eigenvalue weighted by molar-refractivity contribution is 5.83. The van der Waals surface area contributed by atoms with Crippen molar-refractivity contribution in [3.05, 3.63) is 78.8 Å². The van der Waals surface area contributed by atoms with Gasteiger partial charge >= 0.3 is 0 Å². The molecule has 5 atom stereocenters. The molecule has 160 valence electrons. The van der Waals surface area contributed by atoms with Gasteiger partial charge in [-0.25, -0.2) is 0 Å². The molecule has 0 amide bonds. The van der Waals surface area contributed by atoms with E-state index in [9.17, 15) is 5.11 Å². The van der Waals surface area contributed by atoms with Gasteiger partial charge in [0, 0.05) is 48.3 Å². The number of fused-ring (bicyclic) bond motifs is 4. The fourth-order valence-electron chi connectivity index (χ4n) is 5.97. The third-order valence-electron chi connectivity index (χ3n) is 7.59. The summed E-state index contributed by atoms with van der Waals surface area (Å²) in [7, 11) is 1.67. The van der Waals surface area contributed by atoms with Crippen molar-refractivity contribution >= 4 is 10.9 Å². The highest BCUT2D eigenvalue weighted by atomic mass is 16.5. The fourth-order valence-corrected chi connectivity index (χ4v) is 5.97. The second-order valence-corrected chi connectivity index (χ2v) is 9.12. The molecule has 2 bridgehead atoms. The maximum Gasteiger partial charge on any atom is 0.131 e. The van der Waals surface area contributed by atoms with Crippen molar-refractivity contribution in [2.24, 2.45) is 11.8 Å². The molecular weight excluding hydrogens is 386 g/mol. The molecule has 1 aromatic carbocycles. The topological polar surface area (TPSA) is 55.2 Å². The number of nitrogens with zero attached hydrogens (tertiary/aromatic N) is 3. The number of ether oxygens (including phenoxy) is 1. The van der Waals surface area contributed by atoms with Gasteiger partial charge in [-0.05, 0) is 47.9 Å². The minimum absolute atomic E-state index is 0.139. The first kappa shape index (κ1) is 20.2. The summed E-state index contributed by atoms with van der Waals surface area (Å²) in [5.41, 5.74) is 3.11. The van der Waals surface area contributed by atoms with Crippen LogP contribution in [0.15, 0.2) is 67.6 Å². The third kappa shape index (κ3) is 3.52. The normalized spacial score (nSPS) is 28.4. The molecule has 0 spiro atoms. The van der Waals surface area contributed by atoms with E-state index in [2.05, 4.69) is 34.8 Å². The highest BCUT2D eigenvalue weighted by Crippen LogP contribution is 2.48. The Morgan fingerprint density at radius 2 is 2.06 bits per heavy atom. The number of pyridine rings is 2. The zero-order valence-electron chi connectivity index (χ0n) is 18.0. The predicted molar refractivity (Wildman–Crippen MR) is 121 cm³/mol. The Labute approximate surface area is 183 Å².